The zero-order chi connectivity index (χ0) is 13.0. The first-order valence-corrected chi connectivity index (χ1v) is 5.40. The van der Waals surface area contributed by atoms with Gasteiger partial charge in [0.15, 0.2) is 0 Å². The highest BCUT2D eigenvalue weighted by Gasteiger charge is 2.11. The molecule has 1 aromatic rings. The van der Waals surface area contributed by atoms with Gasteiger partial charge in [0.1, 0.15) is 0 Å². The van der Waals surface area contributed by atoms with Crippen molar-refractivity contribution in [3.8, 4) is 0 Å². The number of rotatable bonds is 3. The number of carboxylic acids is 1. The fraction of sp³-hybridized carbons (Fsp3) is 0.636. The lowest BCUT2D eigenvalue weighted by Gasteiger charge is -2.01. The molecule has 0 saturated heterocycles. The van der Waals surface area contributed by atoms with E-state index >= 15 is 0 Å². The molecule has 1 unspecified atom stereocenters. The molecule has 1 atom stereocenters. The van der Waals surface area contributed by atoms with E-state index in [0.29, 0.717) is 6.42 Å². The Morgan fingerprint density at radius 1 is 1.56 bits per heavy atom. The molecule has 0 amide bonds. The summed E-state index contributed by atoms with van der Waals surface area (Å²) < 4.78 is 0. The Hall–Kier alpha value is -1.36. The van der Waals surface area contributed by atoms with Crippen LogP contribution in [0.2, 0.25) is 0 Å². The first-order chi connectivity index (χ1) is 7.61. The third-order valence-corrected chi connectivity index (χ3v) is 1.50. The highest BCUT2D eigenvalue weighted by Crippen LogP contribution is 2.03. The van der Waals surface area contributed by atoms with Crippen molar-refractivity contribution in [2.45, 2.75) is 27.2 Å². The number of aromatic amines is 1. The maximum absolute atomic E-state index is 10.4. The van der Waals surface area contributed by atoms with E-state index in [1.165, 1.54) is 0 Å². The molecule has 0 aliphatic carbocycles. The quantitative estimate of drug-likeness (QED) is 0.734. The lowest BCUT2D eigenvalue weighted by molar-refractivity contribution is -0.141. The Bertz CT molecular complexity index is 248. The topological polar surface area (TPSA) is 78.0 Å². The molecule has 0 aliphatic heterocycles. The van der Waals surface area contributed by atoms with E-state index in [1.807, 2.05) is 27.9 Å². The second-order valence-electron chi connectivity index (χ2n) is 3.02. The maximum Gasteiger partial charge on any atom is 0.306 e. The number of nitrogens with zero attached hydrogens (tertiary/aromatic N) is 1. The standard InChI is InChI=1S/C7H10N2O2.C2H7N.C2H6/c1-5(7(10)11)2-6-3-8-4-9-6;1-3-2;1-2/h3-5H,2H2,1H3,(H,8,9)(H,10,11);3H,1-2H3;1-2H3. The summed E-state index contributed by atoms with van der Waals surface area (Å²) in [6.07, 6.45) is 3.69. The normalized spacial score (nSPS) is 10.3. The third kappa shape index (κ3) is 9.21. The summed E-state index contributed by atoms with van der Waals surface area (Å²) >= 11 is 0. The summed E-state index contributed by atoms with van der Waals surface area (Å²) in [5.41, 5.74) is 0.861. The van der Waals surface area contributed by atoms with E-state index in [9.17, 15) is 4.79 Å². The molecule has 1 heterocycles. The molecule has 94 valence electrons. The lowest BCUT2D eigenvalue weighted by Crippen LogP contribution is -2.12. The van der Waals surface area contributed by atoms with Crippen LogP contribution in [0.4, 0.5) is 0 Å². The molecular weight excluding hydrogens is 206 g/mol. The molecule has 5 nitrogen and oxygen atoms in total. The zero-order valence-electron chi connectivity index (χ0n) is 10.7. The van der Waals surface area contributed by atoms with Crippen molar-refractivity contribution in [2.24, 2.45) is 5.92 Å². The minimum absolute atomic E-state index is 0.351. The largest absolute Gasteiger partial charge is 0.481 e. The van der Waals surface area contributed by atoms with Crippen molar-refractivity contribution < 1.29 is 9.90 Å². The Morgan fingerprint density at radius 3 is 2.38 bits per heavy atom. The smallest absolute Gasteiger partial charge is 0.306 e. The monoisotopic (exact) mass is 229 g/mol. The van der Waals surface area contributed by atoms with Crippen LogP contribution in [0, 0.1) is 5.92 Å². The number of aromatic nitrogens is 2. The van der Waals surface area contributed by atoms with E-state index in [-0.39, 0.29) is 5.92 Å². The second kappa shape index (κ2) is 11.7. The number of imidazole rings is 1. The minimum Gasteiger partial charge on any atom is -0.481 e. The first kappa shape index (κ1) is 17.0. The number of carbonyl (C=O) groups is 1. The first-order valence-electron chi connectivity index (χ1n) is 5.40. The molecule has 0 bridgehead atoms. The number of hydrogen-bond donors (Lipinski definition) is 3. The summed E-state index contributed by atoms with van der Waals surface area (Å²) in [5, 5.41) is 11.3. The Labute approximate surface area is 97.3 Å². The van der Waals surface area contributed by atoms with E-state index < -0.39 is 5.97 Å². The zero-order valence-corrected chi connectivity index (χ0v) is 10.7. The van der Waals surface area contributed by atoms with Crippen molar-refractivity contribution in [3.05, 3.63) is 18.2 Å². The second-order valence-corrected chi connectivity index (χ2v) is 3.02. The molecule has 3 N–H and O–H groups in total. The molecule has 0 aliphatic rings. The van der Waals surface area contributed by atoms with Crippen molar-refractivity contribution in [1.29, 1.82) is 0 Å². The highest BCUT2D eigenvalue weighted by atomic mass is 16.4. The molecule has 1 rings (SSSR count). The van der Waals surface area contributed by atoms with Gasteiger partial charge < -0.3 is 15.4 Å². The van der Waals surface area contributed by atoms with Gasteiger partial charge in [0.2, 0.25) is 0 Å². The number of H-pyrrole nitrogens is 1. The Balaban J connectivity index is 0. The molecule has 0 radical (unpaired) electrons. The Kier molecular flexibility index (Phi) is 12.5. The van der Waals surface area contributed by atoms with E-state index in [0.717, 1.165) is 5.69 Å². The van der Waals surface area contributed by atoms with Gasteiger partial charge in [0, 0.05) is 18.3 Å². The fourth-order valence-electron chi connectivity index (χ4n) is 0.813. The molecule has 1 aromatic heterocycles. The van der Waals surface area contributed by atoms with Crippen molar-refractivity contribution in [2.75, 3.05) is 14.1 Å². The number of nitrogens with one attached hydrogen (secondary N) is 2. The van der Waals surface area contributed by atoms with Gasteiger partial charge >= 0.3 is 5.97 Å². The van der Waals surface area contributed by atoms with Gasteiger partial charge in [-0.1, -0.05) is 20.8 Å². The molecule has 0 fully saturated rings. The highest BCUT2D eigenvalue weighted by molar-refractivity contribution is 5.69. The van der Waals surface area contributed by atoms with Crippen LogP contribution in [0.3, 0.4) is 0 Å². The molecule has 0 spiro atoms. The van der Waals surface area contributed by atoms with Crippen molar-refractivity contribution in [1.82, 2.24) is 15.3 Å². The van der Waals surface area contributed by atoms with Crippen LogP contribution in [0.1, 0.15) is 26.5 Å². The van der Waals surface area contributed by atoms with Gasteiger partial charge in [-0.3, -0.25) is 4.79 Å². The molecule has 5 heteroatoms. The van der Waals surface area contributed by atoms with Crippen LogP contribution in [0.5, 0.6) is 0 Å². The van der Waals surface area contributed by atoms with E-state index in [4.69, 9.17) is 5.11 Å². The van der Waals surface area contributed by atoms with Gasteiger partial charge in [-0.25, -0.2) is 4.98 Å². The van der Waals surface area contributed by atoms with Crippen LogP contribution < -0.4 is 5.32 Å². The predicted molar refractivity (Wildman–Crippen MR) is 65.4 cm³/mol. The van der Waals surface area contributed by atoms with Gasteiger partial charge in [0.05, 0.1) is 12.2 Å². The number of hydrogen-bond acceptors (Lipinski definition) is 3. The molecular formula is C11H23N3O2. The molecule has 16 heavy (non-hydrogen) atoms. The van der Waals surface area contributed by atoms with Gasteiger partial charge in [-0.05, 0) is 14.1 Å². The van der Waals surface area contributed by atoms with Gasteiger partial charge in [0.25, 0.3) is 0 Å². The summed E-state index contributed by atoms with van der Waals surface area (Å²) in [6, 6.07) is 0. The van der Waals surface area contributed by atoms with Crippen molar-refractivity contribution in [3.63, 3.8) is 0 Å². The fourth-order valence-corrected chi connectivity index (χ4v) is 0.813. The van der Waals surface area contributed by atoms with E-state index in [1.54, 1.807) is 19.4 Å². The lowest BCUT2D eigenvalue weighted by atomic mass is 10.1. The van der Waals surface area contributed by atoms with Crippen LogP contribution in [-0.2, 0) is 11.2 Å². The van der Waals surface area contributed by atoms with E-state index in [2.05, 4.69) is 15.3 Å². The summed E-state index contributed by atoms with van der Waals surface area (Å²) in [7, 11) is 3.75. The Morgan fingerprint density at radius 2 is 2.06 bits per heavy atom. The predicted octanol–water partition coefficient (Wildman–Crippen LogP) is 1.53. The minimum atomic E-state index is -0.778. The molecule has 0 saturated carbocycles. The summed E-state index contributed by atoms with van der Waals surface area (Å²) in [4.78, 5) is 17.0. The summed E-state index contributed by atoms with van der Waals surface area (Å²) in [5.74, 6) is -1.13. The van der Waals surface area contributed by atoms with Crippen LogP contribution in [0.25, 0.3) is 0 Å². The third-order valence-electron chi connectivity index (χ3n) is 1.50. The number of carboxylic acid groups (broad SMARTS) is 1. The van der Waals surface area contributed by atoms with Gasteiger partial charge in [-0.15, -0.1) is 0 Å². The summed E-state index contributed by atoms with van der Waals surface area (Å²) in [6.45, 7) is 5.67. The van der Waals surface area contributed by atoms with Gasteiger partial charge in [-0.2, -0.15) is 0 Å². The average molecular weight is 229 g/mol. The van der Waals surface area contributed by atoms with Crippen molar-refractivity contribution >= 4 is 5.97 Å². The van der Waals surface area contributed by atoms with Crippen LogP contribution in [0.15, 0.2) is 12.5 Å². The number of aliphatic carboxylic acids is 1. The van der Waals surface area contributed by atoms with Crippen LogP contribution >= 0.6 is 0 Å². The maximum atomic E-state index is 10.4. The molecule has 0 aromatic carbocycles. The van der Waals surface area contributed by atoms with Crippen LogP contribution in [-0.4, -0.2) is 35.1 Å². The SMILES string of the molecule is CC.CC(Cc1cnc[nH]1)C(=O)O.CNC. The average Bonchev–Trinajstić information content (AvgIpc) is 2.74.